The fourth-order valence-corrected chi connectivity index (χ4v) is 1.70. The number of nitrogen functional groups attached to an aromatic ring is 1. The molecule has 104 valence electrons. The van der Waals surface area contributed by atoms with E-state index < -0.39 is 11.8 Å². The first-order chi connectivity index (χ1) is 9.51. The number of hydrogen-bond donors (Lipinski definition) is 3. The summed E-state index contributed by atoms with van der Waals surface area (Å²) in [5, 5.41) is 11.8. The van der Waals surface area contributed by atoms with Crippen LogP contribution in [0.5, 0.6) is 5.75 Å². The molecule has 0 saturated heterocycles. The third kappa shape index (κ3) is 2.80. The first-order valence-corrected chi connectivity index (χ1v) is 5.74. The van der Waals surface area contributed by atoms with Crippen LogP contribution >= 0.6 is 0 Å². The number of anilines is 3. The largest absolute Gasteiger partial charge is 0.494 e. The molecule has 2 aromatic rings. The first-order valence-electron chi connectivity index (χ1n) is 5.74. The number of nitrogens with one attached hydrogen (secondary N) is 1. The molecule has 0 spiro atoms. The SMILES string of the molecule is COc1cc(Nc2ccc(C(=O)O)cc2N)ccc1F. The van der Waals surface area contributed by atoms with Crippen LogP contribution in [0.3, 0.4) is 0 Å². The van der Waals surface area contributed by atoms with Crippen molar-refractivity contribution >= 4 is 23.0 Å². The third-order valence-corrected chi connectivity index (χ3v) is 2.73. The molecule has 0 aliphatic rings. The zero-order chi connectivity index (χ0) is 14.7. The van der Waals surface area contributed by atoms with Gasteiger partial charge in [0, 0.05) is 11.8 Å². The number of nitrogens with two attached hydrogens (primary N) is 1. The fraction of sp³-hybridized carbons (Fsp3) is 0.0714. The number of carboxylic acid groups (broad SMARTS) is 1. The van der Waals surface area contributed by atoms with Gasteiger partial charge in [-0.05, 0) is 30.3 Å². The summed E-state index contributed by atoms with van der Waals surface area (Å²) in [5.41, 5.74) is 7.28. The molecule has 5 nitrogen and oxygen atoms in total. The van der Waals surface area contributed by atoms with Gasteiger partial charge in [0.15, 0.2) is 11.6 Å². The van der Waals surface area contributed by atoms with Gasteiger partial charge in [-0.15, -0.1) is 0 Å². The van der Waals surface area contributed by atoms with Crippen molar-refractivity contribution in [3.05, 3.63) is 47.8 Å². The van der Waals surface area contributed by atoms with Crippen molar-refractivity contribution in [2.75, 3.05) is 18.2 Å². The van der Waals surface area contributed by atoms with Crippen LogP contribution in [-0.4, -0.2) is 18.2 Å². The van der Waals surface area contributed by atoms with Gasteiger partial charge >= 0.3 is 5.97 Å². The quantitative estimate of drug-likeness (QED) is 0.748. The molecule has 6 heteroatoms. The lowest BCUT2D eigenvalue weighted by atomic mass is 10.1. The summed E-state index contributed by atoms with van der Waals surface area (Å²) in [6.07, 6.45) is 0. The van der Waals surface area contributed by atoms with Gasteiger partial charge in [0.1, 0.15) is 0 Å². The van der Waals surface area contributed by atoms with Crippen LogP contribution in [0, 0.1) is 5.82 Å². The van der Waals surface area contributed by atoms with E-state index in [9.17, 15) is 9.18 Å². The Kier molecular flexibility index (Phi) is 3.74. The maximum absolute atomic E-state index is 13.3. The monoisotopic (exact) mass is 276 g/mol. The Labute approximate surface area is 114 Å². The minimum absolute atomic E-state index is 0.102. The smallest absolute Gasteiger partial charge is 0.335 e. The molecular weight excluding hydrogens is 263 g/mol. The van der Waals surface area contributed by atoms with E-state index in [0.29, 0.717) is 11.4 Å². The summed E-state index contributed by atoms with van der Waals surface area (Å²) in [6, 6.07) is 8.62. The maximum atomic E-state index is 13.3. The average Bonchev–Trinajstić information content (AvgIpc) is 2.42. The van der Waals surface area contributed by atoms with Crippen molar-refractivity contribution in [2.24, 2.45) is 0 Å². The Hall–Kier alpha value is -2.76. The second-order valence-corrected chi connectivity index (χ2v) is 4.08. The van der Waals surface area contributed by atoms with Gasteiger partial charge in [0.05, 0.1) is 24.0 Å². The number of methoxy groups -OCH3 is 1. The second kappa shape index (κ2) is 5.48. The average molecular weight is 276 g/mol. The van der Waals surface area contributed by atoms with Gasteiger partial charge in [0.2, 0.25) is 0 Å². The summed E-state index contributed by atoms with van der Waals surface area (Å²) < 4.78 is 18.2. The number of hydrogen-bond acceptors (Lipinski definition) is 4. The molecule has 0 amide bonds. The Morgan fingerprint density at radius 1 is 1.30 bits per heavy atom. The van der Waals surface area contributed by atoms with Crippen LogP contribution in [0.2, 0.25) is 0 Å². The van der Waals surface area contributed by atoms with E-state index in [4.69, 9.17) is 15.6 Å². The number of ether oxygens (including phenoxy) is 1. The van der Waals surface area contributed by atoms with Crippen molar-refractivity contribution in [3.8, 4) is 5.75 Å². The highest BCUT2D eigenvalue weighted by Gasteiger charge is 2.08. The lowest BCUT2D eigenvalue weighted by molar-refractivity contribution is 0.0697. The van der Waals surface area contributed by atoms with E-state index >= 15 is 0 Å². The van der Waals surface area contributed by atoms with E-state index in [1.165, 1.54) is 37.4 Å². The number of aromatic carboxylic acids is 1. The number of halogens is 1. The van der Waals surface area contributed by atoms with Crippen molar-refractivity contribution in [1.82, 2.24) is 0 Å². The lowest BCUT2D eigenvalue weighted by Crippen LogP contribution is -2.01. The molecule has 2 rings (SSSR count). The minimum atomic E-state index is -1.05. The molecule has 0 radical (unpaired) electrons. The van der Waals surface area contributed by atoms with Gasteiger partial charge in [-0.1, -0.05) is 0 Å². The molecule has 0 saturated carbocycles. The Balaban J connectivity index is 2.28. The summed E-state index contributed by atoms with van der Waals surface area (Å²) in [5.74, 6) is -1.41. The third-order valence-electron chi connectivity index (χ3n) is 2.73. The van der Waals surface area contributed by atoms with Gasteiger partial charge in [-0.25, -0.2) is 9.18 Å². The molecule has 0 aliphatic heterocycles. The summed E-state index contributed by atoms with van der Waals surface area (Å²) in [6.45, 7) is 0. The Morgan fingerprint density at radius 2 is 2.05 bits per heavy atom. The molecule has 0 aliphatic carbocycles. The molecular formula is C14H13FN2O3. The van der Waals surface area contributed by atoms with E-state index in [1.807, 2.05) is 0 Å². The zero-order valence-electron chi connectivity index (χ0n) is 10.7. The van der Waals surface area contributed by atoms with Crippen LogP contribution in [-0.2, 0) is 0 Å². The number of benzene rings is 2. The van der Waals surface area contributed by atoms with Crippen LogP contribution in [0.15, 0.2) is 36.4 Å². The van der Waals surface area contributed by atoms with E-state index in [-0.39, 0.29) is 17.0 Å². The molecule has 0 bridgehead atoms. The van der Waals surface area contributed by atoms with Crippen LogP contribution < -0.4 is 15.8 Å². The molecule has 0 heterocycles. The van der Waals surface area contributed by atoms with Crippen molar-refractivity contribution in [2.45, 2.75) is 0 Å². The zero-order valence-corrected chi connectivity index (χ0v) is 10.7. The summed E-state index contributed by atoms with van der Waals surface area (Å²) in [4.78, 5) is 10.8. The van der Waals surface area contributed by atoms with Crippen LogP contribution in [0.4, 0.5) is 21.5 Å². The van der Waals surface area contributed by atoms with Crippen molar-refractivity contribution < 1.29 is 19.0 Å². The van der Waals surface area contributed by atoms with Crippen LogP contribution in [0.25, 0.3) is 0 Å². The maximum Gasteiger partial charge on any atom is 0.335 e. The normalized spacial score (nSPS) is 10.1. The minimum Gasteiger partial charge on any atom is -0.494 e. The van der Waals surface area contributed by atoms with Gasteiger partial charge in [-0.2, -0.15) is 0 Å². The molecule has 4 N–H and O–H groups in total. The van der Waals surface area contributed by atoms with Gasteiger partial charge in [0.25, 0.3) is 0 Å². The number of rotatable bonds is 4. The first kappa shape index (κ1) is 13.7. The molecule has 0 aromatic heterocycles. The van der Waals surface area contributed by atoms with Gasteiger partial charge in [-0.3, -0.25) is 0 Å². The molecule has 2 aromatic carbocycles. The molecule has 0 unspecified atom stereocenters. The highest BCUT2D eigenvalue weighted by molar-refractivity contribution is 5.90. The predicted molar refractivity (Wildman–Crippen MR) is 74.0 cm³/mol. The highest BCUT2D eigenvalue weighted by atomic mass is 19.1. The van der Waals surface area contributed by atoms with E-state index in [0.717, 1.165) is 0 Å². The number of carboxylic acids is 1. The lowest BCUT2D eigenvalue weighted by Gasteiger charge is -2.11. The molecule has 0 atom stereocenters. The van der Waals surface area contributed by atoms with Crippen molar-refractivity contribution in [1.29, 1.82) is 0 Å². The van der Waals surface area contributed by atoms with Crippen molar-refractivity contribution in [3.63, 3.8) is 0 Å². The van der Waals surface area contributed by atoms with E-state index in [1.54, 1.807) is 6.07 Å². The van der Waals surface area contributed by atoms with E-state index in [2.05, 4.69) is 5.32 Å². The second-order valence-electron chi connectivity index (χ2n) is 4.08. The van der Waals surface area contributed by atoms with Crippen LogP contribution in [0.1, 0.15) is 10.4 Å². The topological polar surface area (TPSA) is 84.6 Å². The highest BCUT2D eigenvalue weighted by Crippen LogP contribution is 2.27. The summed E-state index contributed by atoms with van der Waals surface area (Å²) in [7, 11) is 1.37. The van der Waals surface area contributed by atoms with Gasteiger partial charge < -0.3 is 20.9 Å². The Bertz CT molecular complexity index is 659. The Morgan fingerprint density at radius 3 is 2.65 bits per heavy atom. The molecule has 0 fully saturated rings. The standard InChI is InChI=1S/C14H13FN2O3/c1-20-13-7-9(3-4-10(13)15)17-12-5-2-8(14(18)19)6-11(12)16/h2-7,17H,16H2,1H3,(H,18,19). The summed E-state index contributed by atoms with van der Waals surface area (Å²) >= 11 is 0. The molecule has 20 heavy (non-hydrogen) atoms. The fourth-order valence-electron chi connectivity index (χ4n) is 1.70. The predicted octanol–water partition coefficient (Wildman–Crippen LogP) is 2.86. The number of carbonyl (C=O) groups is 1.